The molecule has 12 heteroatoms. The van der Waals surface area contributed by atoms with E-state index in [-0.39, 0.29) is 23.7 Å². The minimum atomic E-state index is -0.0515. The van der Waals surface area contributed by atoms with Crippen LogP contribution in [0.4, 0.5) is 0 Å². The van der Waals surface area contributed by atoms with Crippen LogP contribution in [0.25, 0.3) is 114 Å². The summed E-state index contributed by atoms with van der Waals surface area (Å²) in [5.74, 6) is 0.456. The Morgan fingerprint density at radius 3 is 0.776 bits per heavy atom. The number of hydrogen-bond donors (Lipinski definition) is 0. The summed E-state index contributed by atoms with van der Waals surface area (Å²) in [5, 5.41) is 11.6. The summed E-state index contributed by atoms with van der Waals surface area (Å²) in [7, 11) is 0. The van der Waals surface area contributed by atoms with E-state index in [2.05, 4.69) is 195 Å². The molecule has 8 heterocycles. The number of unbranched alkanes of at least 4 members (excludes halogenated alkanes) is 32. The van der Waals surface area contributed by atoms with Gasteiger partial charge in [-0.05, 0) is 141 Å². The van der Waals surface area contributed by atoms with E-state index in [0.29, 0.717) is 24.2 Å². The van der Waals surface area contributed by atoms with Crippen molar-refractivity contribution in [3.8, 4) is 59.9 Å². The molecule has 2 aliphatic heterocycles. The van der Waals surface area contributed by atoms with Crippen molar-refractivity contribution < 1.29 is 9.59 Å². The lowest BCUT2D eigenvalue weighted by molar-refractivity contribution is -0.124. The molecule has 2 amide bonds. The largest absolute Gasteiger partial charge is 0.304 e. The fourth-order valence-corrected chi connectivity index (χ4v) is 24.8. The Morgan fingerprint density at radius 2 is 0.500 bits per heavy atom. The third-order valence-corrected chi connectivity index (χ3v) is 31.9. The molecule has 2 aliphatic rings. The van der Waals surface area contributed by atoms with Crippen LogP contribution >= 0.6 is 68.0 Å². The topological polar surface area (TPSA) is 66.4 Å². The van der Waals surface area contributed by atoms with Gasteiger partial charge in [-0.1, -0.05) is 356 Å². The van der Waals surface area contributed by atoms with Gasteiger partial charge in [0.2, 0.25) is 0 Å². The third-order valence-electron chi connectivity index (χ3n) is 24.8. The number of thiophene rings is 4. The van der Waals surface area contributed by atoms with E-state index in [1.807, 2.05) is 57.7 Å². The predicted molar refractivity (Wildman–Crippen MR) is 510 cm³/mol. The van der Waals surface area contributed by atoms with Crippen molar-refractivity contribution in [1.82, 2.24) is 19.8 Å². The number of carbonyl (C=O) groups excluding carboxylic acids is 2. The maximum atomic E-state index is 16.8. The van der Waals surface area contributed by atoms with Crippen molar-refractivity contribution >= 4 is 134 Å². The number of benzene rings is 6. The lowest BCUT2D eigenvalue weighted by atomic mass is 9.93. The average molecular weight is 1660 g/mol. The molecule has 0 saturated carbocycles. The van der Waals surface area contributed by atoms with E-state index >= 15 is 9.59 Å². The predicted octanol–water partition coefficient (Wildman–Crippen LogP) is 34.2. The zero-order chi connectivity index (χ0) is 79.6. The van der Waals surface area contributed by atoms with Crippen molar-refractivity contribution in [2.75, 3.05) is 13.1 Å². The molecule has 2 unspecified atom stereocenters. The Kier molecular flexibility index (Phi) is 32.5. The van der Waals surface area contributed by atoms with Crippen molar-refractivity contribution in [2.24, 2.45) is 11.8 Å². The number of amides is 2. The first-order valence-electron chi connectivity index (χ1n) is 45.6. The number of rotatable bonds is 52. The molecular formula is C104H126N4O2S6. The SMILES string of the molecule is CCCCCCCCCCCCC(CCCCCCCCCC)CN1C(=O)C2=C(c3ncc(-c4ccc(-c5ccc(-c6c7ccccc7cc7ccccc67)s5)s4)s3)N(CC(CCCCCCCCCC)CCCCCCCCCCCC)C(=O)C2=C1c1ncc(-c2ccc(-c3ccc(-c4c5ccccc5cc5ccccc45)s3)s2)s1. The maximum Gasteiger partial charge on any atom is 0.261 e. The summed E-state index contributed by atoms with van der Waals surface area (Å²) < 4.78 is 0. The highest BCUT2D eigenvalue weighted by Crippen LogP contribution is 2.53. The van der Waals surface area contributed by atoms with Crippen molar-refractivity contribution in [3.63, 3.8) is 0 Å². The van der Waals surface area contributed by atoms with Crippen LogP contribution in [0.15, 0.2) is 181 Å². The third kappa shape index (κ3) is 21.7. The molecule has 0 radical (unpaired) electrons. The lowest BCUT2D eigenvalue weighted by Crippen LogP contribution is -2.35. The van der Waals surface area contributed by atoms with Gasteiger partial charge in [-0.25, -0.2) is 9.97 Å². The van der Waals surface area contributed by atoms with E-state index in [1.54, 1.807) is 22.7 Å². The summed E-state index contributed by atoms with van der Waals surface area (Å²) in [6.45, 7) is 10.4. The molecule has 2 atom stereocenters. The normalized spacial score (nSPS) is 13.8. The van der Waals surface area contributed by atoms with Crippen LogP contribution in [0, 0.1) is 11.8 Å². The minimum absolute atomic E-state index is 0.0515. The van der Waals surface area contributed by atoms with Gasteiger partial charge in [0.1, 0.15) is 10.0 Å². The van der Waals surface area contributed by atoms with Crippen LogP contribution in [0.5, 0.6) is 0 Å². The molecule has 6 aromatic heterocycles. The summed E-state index contributed by atoms with van der Waals surface area (Å²) in [5.41, 5.74) is 5.11. The molecule has 14 rings (SSSR count). The number of hydrogen-bond acceptors (Lipinski definition) is 10. The lowest BCUT2D eigenvalue weighted by Gasteiger charge is -2.29. The Bertz CT molecular complexity index is 4760. The second-order valence-electron chi connectivity index (χ2n) is 33.6. The highest BCUT2D eigenvalue weighted by molar-refractivity contribution is 7.28. The molecular weight excluding hydrogens is 1530 g/mol. The number of nitrogens with zero attached hydrogens (tertiary/aromatic N) is 4. The zero-order valence-corrected chi connectivity index (χ0v) is 75.0. The molecule has 6 aromatic carbocycles. The van der Waals surface area contributed by atoms with Gasteiger partial charge in [0, 0.05) is 75.6 Å². The summed E-state index contributed by atoms with van der Waals surface area (Å²) in [6, 6.07) is 58.2. The Hall–Kier alpha value is -7.16. The van der Waals surface area contributed by atoms with E-state index in [4.69, 9.17) is 9.97 Å². The number of aromatic nitrogens is 2. The first-order chi connectivity index (χ1) is 57.3. The molecule has 6 nitrogen and oxygen atoms in total. The van der Waals surface area contributed by atoms with Crippen LogP contribution in [0.3, 0.4) is 0 Å². The molecule has 0 spiro atoms. The van der Waals surface area contributed by atoms with Crippen LogP contribution in [-0.2, 0) is 9.59 Å². The standard InChI is InChI=1S/C104H126N4O2S6/c1-5-9-13-17-21-25-27-31-35-39-51-75(49-37-33-29-23-19-15-11-7-3)73-107-99(101-105-71-93(115-101)89-63-61-85(111-89)87-65-67-91(113-87)95-81-57-45-41-53-77(81)69-78-54-42-46-58-82(78)95)97-98(103(107)109)100(108(104(97)110)74-76(50-38-34-30-24-20-16-12-8-4)52-40-36-32-28-26-22-18-14-10-6-2)102-106-72-94(116-102)90-64-62-86(112-90)88-66-68-92(114-88)96-83-59-47-43-55-79(83)70-80-56-44-48-60-84(80)96/h41-48,53-72,75-76H,5-40,49-52,73-74H2,1-4H3. The molecule has 0 saturated heterocycles. The van der Waals surface area contributed by atoms with E-state index in [0.717, 1.165) is 92.3 Å². The summed E-state index contributed by atoms with van der Waals surface area (Å²) >= 11 is 10.7. The molecule has 0 fully saturated rings. The number of thiazole rings is 2. The second-order valence-corrected chi connectivity index (χ2v) is 40.0. The molecule has 116 heavy (non-hydrogen) atoms. The van der Waals surface area contributed by atoms with E-state index in [9.17, 15) is 0 Å². The second kappa shape index (κ2) is 44.2. The molecule has 0 bridgehead atoms. The van der Waals surface area contributed by atoms with Gasteiger partial charge in [-0.15, -0.1) is 68.0 Å². The fraction of sp³-hybridized carbons (Fsp3) is 0.462. The van der Waals surface area contributed by atoms with Gasteiger partial charge in [0.15, 0.2) is 0 Å². The van der Waals surface area contributed by atoms with Gasteiger partial charge in [0.25, 0.3) is 11.8 Å². The van der Waals surface area contributed by atoms with Crippen LogP contribution < -0.4 is 0 Å². The van der Waals surface area contributed by atoms with Crippen molar-refractivity contribution in [2.45, 2.75) is 285 Å². The zero-order valence-electron chi connectivity index (χ0n) is 70.1. The maximum absolute atomic E-state index is 16.8. The van der Waals surface area contributed by atoms with Crippen LogP contribution in [-0.4, -0.2) is 44.7 Å². The number of carbonyl (C=O) groups is 2. The van der Waals surface area contributed by atoms with E-state index in [1.165, 1.54) is 289 Å². The minimum Gasteiger partial charge on any atom is -0.304 e. The first-order valence-corrected chi connectivity index (χ1v) is 50.5. The van der Waals surface area contributed by atoms with Crippen LogP contribution in [0.1, 0.15) is 295 Å². The van der Waals surface area contributed by atoms with Gasteiger partial charge in [-0.2, -0.15) is 0 Å². The Morgan fingerprint density at radius 1 is 0.267 bits per heavy atom. The quantitative estimate of drug-likeness (QED) is 0.0281. The monoisotopic (exact) mass is 1650 g/mol. The molecule has 0 N–H and O–H groups in total. The number of fused-ring (bicyclic) bond motifs is 5. The van der Waals surface area contributed by atoms with Gasteiger partial charge >= 0.3 is 0 Å². The van der Waals surface area contributed by atoms with Gasteiger partial charge in [0.05, 0.1) is 32.3 Å². The van der Waals surface area contributed by atoms with E-state index < -0.39 is 0 Å². The highest BCUT2D eigenvalue weighted by atomic mass is 32.1. The smallest absolute Gasteiger partial charge is 0.261 e. The molecule has 12 aromatic rings. The van der Waals surface area contributed by atoms with Crippen LogP contribution in [0.2, 0.25) is 0 Å². The summed E-state index contributed by atoms with van der Waals surface area (Å²) in [6.07, 6.45) is 54.5. The molecule has 610 valence electrons. The average Bonchev–Trinajstić information content (AvgIpc) is 1.55. The molecule has 0 aliphatic carbocycles. The Labute approximate surface area is 718 Å². The van der Waals surface area contributed by atoms with Crippen molar-refractivity contribution in [3.05, 3.63) is 191 Å². The first kappa shape index (κ1) is 85.3. The summed E-state index contributed by atoms with van der Waals surface area (Å²) in [4.78, 5) is 60.5. The fourth-order valence-electron chi connectivity index (χ4n) is 18.3. The van der Waals surface area contributed by atoms with Gasteiger partial charge < -0.3 is 9.80 Å². The van der Waals surface area contributed by atoms with Gasteiger partial charge in [-0.3, -0.25) is 9.59 Å². The van der Waals surface area contributed by atoms with Crippen molar-refractivity contribution in [1.29, 1.82) is 0 Å². The Balaban J connectivity index is 0.821. The highest BCUT2D eigenvalue weighted by Gasteiger charge is 2.51.